The lowest BCUT2D eigenvalue weighted by Crippen LogP contribution is -2.39. The number of allylic oxidation sites excluding steroid dienone is 1. The zero-order valence-electron chi connectivity index (χ0n) is 17.5. The van der Waals surface area contributed by atoms with Gasteiger partial charge in [-0.05, 0) is 72.9 Å². The molecule has 1 amide bonds. The van der Waals surface area contributed by atoms with Gasteiger partial charge < -0.3 is 5.32 Å². The van der Waals surface area contributed by atoms with Crippen LogP contribution >= 0.6 is 23.2 Å². The van der Waals surface area contributed by atoms with E-state index in [2.05, 4.69) is 23.4 Å². The molecular formula is C25H22Cl2FN3O. The van der Waals surface area contributed by atoms with E-state index in [1.54, 1.807) is 24.3 Å². The fraction of sp³-hybridized carbons (Fsp3) is 0.280. The summed E-state index contributed by atoms with van der Waals surface area (Å²) < 4.78 is 15.2. The van der Waals surface area contributed by atoms with Crippen molar-refractivity contribution in [3.63, 3.8) is 0 Å². The van der Waals surface area contributed by atoms with Crippen LogP contribution in [0.2, 0.25) is 10.0 Å². The number of nitrogens with one attached hydrogen (secondary N) is 1. The fourth-order valence-corrected chi connectivity index (χ4v) is 5.50. The molecule has 0 saturated heterocycles. The van der Waals surface area contributed by atoms with E-state index in [1.807, 2.05) is 16.9 Å². The summed E-state index contributed by atoms with van der Waals surface area (Å²) in [6.07, 6.45) is 6.44. The molecule has 4 nitrogen and oxygen atoms in total. The third kappa shape index (κ3) is 3.63. The molecule has 2 atom stereocenters. The van der Waals surface area contributed by atoms with Crippen LogP contribution in [0, 0.1) is 17.2 Å². The summed E-state index contributed by atoms with van der Waals surface area (Å²) in [6, 6.07) is 11.6. The molecule has 0 bridgehead atoms. The quantitative estimate of drug-likeness (QED) is 0.509. The Hall–Kier alpha value is -2.63. The molecule has 1 aromatic heterocycles. The summed E-state index contributed by atoms with van der Waals surface area (Å²) in [4.78, 5) is 13.2. The van der Waals surface area contributed by atoms with E-state index < -0.39 is 0 Å². The Balaban J connectivity index is 1.36. The largest absolute Gasteiger partial charge is 0.352 e. The zero-order valence-corrected chi connectivity index (χ0v) is 19.1. The molecule has 0 aliphatic heterocycles. The maximum Gasteiger partial charge on any atom is 0.224 e. The summed E-state index contributed by atoms with van der Waals surface area (Å²) in [5, 5.41) is 8.73. The first kappa shape index (κ1) is 21.2. The van der Waals surface area contributed by atoms with E-state index in [0.717, 1.165) is 41.8 Å². The number of fused-ring (bicyclic) bond motifs is 2. The summed E-state index contributed by atoms with van der Waals surface area (Å²) in [5.74, 6) is -0.358. The number of nitrogens with zero attached hydrogens (tertiary/aromatic N) is 2. The van der Waals surface area contributed by atoms with Crippen molar-refractivity contribution in [2.75, 3.05) is 0 Å². The smallest absolute Gasteiger partial charge is 0.224 e. The van der Waals surface area contributed by atoms with Crippen LogP contribution in [-0.2, 0) is 17.8 Å². The molecule has 0 unspecified atom stereocenters. The van der Waals surface area contributed by atoms with Crippen molar-refractivity contribution < 1.29 is 9.18 Å². The van der Waals surface area contributed by atoms with Crippen molar-refractivity contribution in [1.82, 2.24) is 15.1 Å². The topological polar surface area (TPSA) is 46.9 Å². The van der Waals surface area contributed by atoms with Gasteiger partial charge in [-0.1, -0.05) is 41.8 Å². The second kappa shape index (κ2) is 8.05. The van der Waals surface area contributed by atoms with Crippen LogP contribution in [-0.4, -0.2) is 15.7 Å². The van der Waals surface area contributed by atoms with E-state index in [0.29, 0.717) is 16.6 Å². The molecule has 32 heavy (non-hydrogen) atoms. The highest BCUT2D eigenvalue weighted by molar-refractivity contribution is 6.35. The Morgan fingerprint density at radius 2 is 2.03 bits per heavy atom. The maximum absolute atomic E-state index is 13.3. The number of carbonyl (C=O) groups is 1. The number of hydrogen-bond donors (Lipinski definition) is 1. The van der Waals surface area contributed by atoms with Crippen molar-refractivity contribution in [2.45, 2.75) is 32.7 Å². The molecular weight excluding hydrogens is 448 g/mol. The van der Waals surface area contributed by atoms with E-state index in [9.17, 15) is 9.18 Å². The van der Waals surface area contributed by atoms with E-state index in [1.165, 1.54) is 17.7 Å². The van der Waals surface area contributed by atoms with Crippen molar-refractivity contribution in [3.05, 3.63) is 86.9 Å². The lowest BCUT2D eigenvalue weighted by atomic mass is 9.69. The number of rotatable bonds is 4. The van der Waals surface area contributed by atoms with Gasteiger partial charge in [0.05, 0.1) is 17.6 Å². The summed E-state index contributed by atoms with van der Waals surface area (Å²) in [5.41, 5.74) is 4.78. The van der Waals surface area contributed by atoms with E-state index in [-0.39, 0.29) is 23.1 Å². The van der Waals surface area contributed by atoms with Crippen molar-refractivity contribution in [3.8, 4) is 5.69 Å². The molecule has 7 heteroatoms. The van der Waals surface area contributed by atoms with Gasteiger partial charge in [-0.3, -0.25) is 4.79 Å². The van der Waals surface area contributed by atoms with Crippen LogP contribution in [0.4, 0.5) is 4.39 Å². The highest BCUT2D eigenvalue weighted by atomic mass is 35.5. The highest BCUT2D eigenvalue weighted by Crippen LogP contribution is 2.53. The molecule has 3 aromatic rings. The summed E-state index contributed by atoms with van der Waals surface area (Å²) in [7, 11) is 0. The minimum atomic E-state index is -0.273. The number of benzene rings is 2. The molecule has 0 radical (unpaired) electrons. The Labute approximate surface area is 196 Å². The first-order valence-corrected chi connectivity index (χ1v) is 11.4. The Morgan fingerprint density at radius 3 is 2.78 bits per heavy atom. The predicted octanol–water partition coefficient (Wildman–Crippen LogP) is 5.99. The van der Waals surface area contributed by atoms with Crippen LogP contribution in [0.5, 0.6) is 0 Å². The first-order valence-electron chi connectivity index (χ1n) is 10.6. The minimum absolute atomic E-state index is 0.0382. The van der Waals surface area contributed by atoms with Gasteiger partial charge in [0.1, 0.15) is 5.82 Å². The number of aromatic nitrogens is 2. The Bertz CT molecular complexity index is 1230. The lowest BCUT2D eigenvalue weighted by molar-refractivity contribution is -0.127. The van der Waals surface area contributed by atoms with E-state index >= 15 is 0 Å². The Kier molecular flexibility index (Phi) is 5.34. The zero-order chi connectivity index (χ0) is 22.5. The third-order valence-corrected chi connectivity index (χ3v) is 7.40. The molecule has 5 rings (SSSR count). The van der Waals surface area contributed by atoms with Crippen molar-refractivity contribution >= 4 is 35.2 Å². The predicted molar refractivity (Wildman–Crippen MR) is 124 cm³/mol. The average molecular weight is 470 g/mol. The van der Waals surface area contributed by atoms with Gasteiger partial charge in [-0.2, -0.15) is 5.10 Å². The molecule has 0 spiro atoms. The molecule has 2 aromatic carbocycles. The highest BCUT2D eigenvalue weighted by Gasteiger charge is 2.48. The van der Waals surface area contributed by atoms with Crippen LogP contribution in [0.15, 0.2) is 54.2 Å². The SMILES string of the molecule is C[C@]12Cc3cnn(-c4ccc(F)cc4)c3C=C1CC[C@@H]2C(=O)NCc1ccc(Cl)cc1Cl. The first-order chi connectivity index (χ1) is 15.3. The lowest BCUT2D eigenvalue weighted by Gasteiger charge is -2.35. The number of hydrogen-bond acceptors (Lipinski definition) is 2. The van der Waals surface area contributed by atoms with Gasteiger partial charge >= 0.3 is 0 Å². The van der Waals surface area contributed by atoms with Crippen LogP contribution in [0.3, 0.4) is 0 Å². The molecule has 2 aliphatic rings. The summed E-state index contributed by atoms with van der Waals surface area (Å²) >= 11 is 12.2. The van der Waals surface area contributed by atoms with Gasteiger partial charge in [0.2, 0.25) is 5.91 Å². The normalized spacial score (nSPS) is 21.6. The Morgan fingerprint density at radius 1 is 1.25 bits per heavy atom. The average Bonchev–Trinajstić information content (AvgIpc) is 3.31. The fourth-order valence-electron chi connectivity index (χ4n) is 5.02. The number of halogens is 3. The summed E-state index contributed by atoms with van der Waals surface area (Å²) in [6.45, 7) is 2.54. The van der Waals surface area contributed by atoms with Gasteiger partial charge in [-0.15, -0.1) is 0 Å². The van der Waals surface area contributed by atoms with Gasteiger partial charge in [0, 0.05) is 27.9 Å². The molecule has 1 saturated carbocycles. The molecule has 164 valence electrons. The van der Waals surface area contributed by atoms with Crippen molar-refractivity contribution in [2.24, 2.45) is 11.3 Å². The van der Waals surface area contributed by atoms with Gasteiger partial charge in [0.25, 0.3) is 0 Å². The minimum Gasteiger partial charge on any atom is -0.352 e. The second-order valence-electron chi connectivity index (χ2n) is 8.75. The number of carbonyl (C=O) groups excluding carboxylic acids is 1. The van der Waals surface area contributed by atoms with Crippen LogP contribution in [0.1, 0.15) is 36.6 Å². The second-order valence-corrected chi connectivity index (χ2v) is 9.60. The number of amides is 1. The van der Waals surface area contributed by atoms with Crippen LogP contribution < -0.4 is 5.32 Å². The van der Waals surface area contributed by atoms with Crippen LogP contribution in [0.25, 0.3) is 11.8 Å². The van der Waals surface area contributed by atoms with Crippen molar-refractivity contribution in [1.29, 1.82) is 0 Å². The molecule has 1 fully saturated rings. The van der Waals surface area contributed by atoms with Gasteiger partial charge in [0.15, 0.2) is 0 Å². The molecule has 2 aliphatic carbocycles. The molecule has 1 N–H and O–H groups in total. The standard InChI is InChI=1S/C25H22Cl2FN3O/c1-25-12-16-14-30-31(20-7-5-19(28)6-8-20)23(16)10-17(25)3-9-21(25)24(32)29-13-15-2-4-18(26)11-22(15)27/h2,4-8,10-11,14,21H,3,9,12-13H2,1H3,(H,29,32)/t21-,25+/m1/s1. The van der Waals surface area contributed by atoms with Gasteiger partial charge in [-0.25, -0.2) is 9.07 Å². The third-order valence-electron chi connectivity index (χ3n) is 6.82. The maximum atomic E-state index is 13.3. The van der Waals surface area contributed by atoms with E-state index in [4.69, 9.17) is 23.2 Å². The molecule has 1 heterocycles. The monoisotopic (exact) mass is 469 g/mol.